The molecule has 0 heterocycles. The summed E-state index contributed by atoms with van der Waals surface area (Å²) in [6.07, 6.45) is 0. The molecule has 0 aliphatic heterocycles. The summed E-state index contributed by atoms with van der Waals surface area (Å²) in [5.41, 5.74) is 0. The number of rotatable bonds is 1. The van der Waals surface area contributed by atoms with Gasteiger partial charge in [0.05, 0.1) is 0 Å². The van der Waals surface area contributed by atoms with E-state index in [-0.39, 0.29) is 0 Å². The van der Waals surface area contributed by atoms with E-state index in [4.69, 9.17) is 0 Å². The van der Waals surface area contributed by atoms with Crippen molar-refractivity contribution in [2.45, 2.75) is 10.1 Å². The Morgan fingerprint density at radius 1 is 1.12 bits per heavy atom. The molecule has 0 radical (unpaired) electrons. The van der Waals surface area contributed by atoms with Gasteiger partial charge in [0.25, 0.3) is 0 Å². The lowest BCUT2D eigenvalue weighted by molar-refractivity contribution is -0.0763. The molecule has 0 aliphatic carbocycles. The minimum absolute atomic E-state index is 1.44. The summed E-state index contributed by atoms with van der Waals surface area (Å²) in [6.45, 7) is 0. The summed E-state index contributed by atoms with van der Waals surface area (Å²) in [6, 6.07) is 0. The van der Waals surface area contributed by atoms with Crippen molar-refractivity contribution >= 4 is 28.6 Å². The predicted octanol–water partition coefficient (Wildman–Crippen LogP) is 2.50. The van der Waals surface area contributed by atoms with Gasteiger partial charge in [-0.1, -0.05) is 12.6 Å². The second kappa shape index (κ2) is 2.06. The van der Waals surface area contributed by atoms with Crippen LogP contribution in [0.1, 0.15) is 0 Å². The molecule has 0 saturated carbocycles. The van der Waals surface area contributed by atoms with Crippen LogP contribution in [0.4, 0.5) is 17.6 Å². The fourth-order valence-electron chi connectivity index (χ4n) is 0. The van der Waals surface area contributed by atoms with Crippen LogP contribution in [0, 0.1) is 0 Å². The molecule has 50 valence electrons. The van der Waals surface area contributed by atoms with E-state index in [9.17, 15) is 17.6 Å². The molecule has 0 N–H and O–H groups in total. The van der Waals surface area contributed by atoms with E-state index < -0.39 is 10.1 Å². The van der Waals surface area contributed by atoms with Gasteiger partial charge in [-0.15, -0.1) is 0 Å². The molecule has 0 unspecified atom stereocenters. The normalized spacial score (nSPS) is 14.2. The van der Waals surface area contributed by atoms with E-state index in [0.717, 1.165) is 0 Å². The van der Waals surface area contributed by atoms with Gasteiger partial charge >= 0.3 is 10.1 Å². The first-order valence-electron chi connectivity index (χ1n) is 1.42. The average molecular weight is 213 g/mol. The average Bonchev–Trinajstić information content (AvgIpc) is 1.25. The molecule has 0 aromatic rings. The van der Waals surface area contributed by atoms with Gasteiger partial charge in [-0.25, -0.2) is 0 Å². The van der Waals surface area contributed by atoms with Crippen LogP contribution in [0.25, 0.3) is 0 Å². The molecule has 0 aromatic carbocycles. The SMILES string of the molecule is FC(F)(S)C(F)(F)Br. The summed E-state index contributed by atoms with van der Waals surface area (Å²) >= 11 is 3.74. The van der Waals surface area contributed by atoms with E-state index in [0.29, 0.717) is 0 Å². The molecular weight excluding hydrogens is 212 g/mol. The minimum atomic E-state index is -4.28. The van der Waals surface area contributed by atoms with E-state index >= 15 is 0 Å². The van der Waals surface area contributed by atoms with Gasteiger partial charge in [0.15, 0.2) is 0 Å². The molecule has 0 saturated heterocycles. The zero-order chi connectivity index (χ0) is 7.00. The maximum atomic E-state index is 11.3. The highest BCUT2D eigenvalue weighted by Gasteiger charge is 2.51. The summed E-state index contributed by atoms with van der Waals surface area (Å²) in [5.74, 6) is 0. The Hall–Kier alpha value is 0.550. The predicted molar refractivity (Wildman–Crippen MR) is 27.8 cm³/mol. The summed E-state index contributed by atoms with van der Waals surface area (Å²) in [5, 5.41) is -4.28. The van der Waals surface area contributed by atoms with E-state index in [1.807, 2.05) is 0 Å². The fourth-order valence-corrected chi connectivity index (χ4v) is 0. The smallest absolute Gasteiger partial charge is 0.186 e. The van der Waals surface area contributed by atoms with Crippen LogP contribution in [0.15, 0.2) is 0 Å². The highest BCUT2D eigenvalue weighted by molar-refractivity contribution is 9.10. The molecule has 0 fully saturated rings. The summed E-state index contributed by atoms with van der Waals surface area (Å²) in [7, 11) is 0. The Bertz CT molecular complexity index is 69.0. The molecule has 0 atom stereocenters. The molecule has 0 aromatic heterocycles. The number of thiol groups is 1. The first-order valence-corrected chi connectivity index (χ1v) is 2.66. The standard InChI is InChI=1S/C2HBrF4S/c3-1(4,5)2(6,7)8/h8H. The number of hydrogen-bond donors (Lipinski definition) is 1. The Labute approximate surface area is 56.8 Å². The number of hydrogen-bond acceptors (Lipinski definition) is 1. The van der Waals surface area contributed by atoms with Gasteiger partial charge in [-0.05, 0) is 15.9 Å². The quantitative estimate of drug-likeness (QED) is 0.386. The lowest BCUT2D eigenvalue weighted by Crippen LogP contribution is -2.28. The van der Waals surface area contributed by atoms with Crippen molar-refractivity contribution in [3.05, 3.63) is 0 Å². The summed E-state index contributed by atoms with van der Waals surface area (Å²) < 4.78 is 45.2. The second-order valence-corrected chi connectivity index (χ2v) is 2.60. The Balaban J connectivity index is 4.02. The fraction of sp³-hybridized carbons (Fsp3) is 1.00. The third kappa shape index (κ3) is 2.21. The lowest BCUT2D eigenvalue weighted by Gasteiger charge is -2.14. The molecule has 6 heteroatoms. The van der Waals surface area contributed by atoms with Crippen LogP contribution in [-0.4, -0.2) is 10.1 Å². The van der Waals surface area contributed by atoms with Gasteiger partial charge < -0.3 is 0 Å². The third-order valence-electron chi connectivity index (χ3n) is 0.341. The van der Waals surface area contributed by atoms with Crippen LogP contribution in [0.2, 0.25) is 0 Å². The molecule has 0 rings (SSSR count). The molecular formula is C2HBrF4S. The molecule has 8 heavy (non-hydrogen) atoms. The van der Waals surface area contributed by atoms with Crippen LogP contribution in [0.3, 0.4) is 0 Å². The molecule has 0 aliphatic rings. The molecule has 0 spiro atoms. The summed E-state index contributed by atoms with van der Waals surface area (Å²) in [4.78, 5) is -4.22. The molecule has 0 amide bonds. The maximum Gasteiger partial charge on any atom is 0.372 e. The zero-order valence-electron chi connectivity index (χ0n) is 3.34. The number of halogens is 5. The number of alkyl halides is 5. The lowest BCUT2D eigenvalue weighted by atomic mass is 10.7. The van der Waals surface area contributed by atoms with Crippen molar-refractivity contribution in [2.75, 3.05) is 0 Å². The van der Waals surface area contributed by atoms with E-state index in [1.165, 1.54) is 15.9 Å². The van der Waals surface area contributed by atoms with E-state index in [1.54, 1.807) is 0 Å². The van der Waals surface area contributed by atoms with Gasteiger partial charge in [0.1, 0.15) is 0 Å². The van der Waals surface area contributed by atoms with Crippen molar-refractivity contribution in [1.29, 1.82) is 0 Å². The van der Waals surface area contributed by atoms with Gasteiger partial charge in [0, 0.05) is 0 Å². The van der Waals surface area contributed by atoms with Crippen LogP contribution in [-0.2, 0) is 0 Å². The van der Waals surface area contributed by atoms with Crippen molar-refractivity contribution in [3.63, 3.8) is 0 Å². The van der Waals surface area contributed by atoms with E-state index in [2.05, 4.69) is 12.6 Å². The largest absolute Gasteiger partial charge is 0.372 e. The van der Waals surface area contributed by atoms with Crippen molar-refractivity contribution in [3.8, 4) is 0 Å². The van der Waals surface area contributed by atoms with Crippen LogP contribution >= 0.6 is 28.6 Å². The van der Waals surface area contributed by atoms with Gasteiger partial charge in [0.2, 0.25) is 0 Å². The van der Waals surface area contributed by atoms with Gasteiger partial charge in [-0.3, -0.25) is 0 Å². The van der Waals surface area contributed by atoms with Crippen molar-refractivity contribution in [1.82, 2.24) is 0 Å². The highest BCUT2D eigenvalue weighted by Crippen LogP contribution is 2.41. The maximum absolute atomic E-state index is 11.3. The third-order valence-corrected chi connectivity index (χ3v) is 1.43. The van der Waals surface area contributed by atoms with Crippen LogP contribution in [0.5, 0.6) is 0 Å². The van der Waals surface area contributed by atoms with Crippen LogP contribution < -0.4 is 0 Å². The second-order valence-electron chi connectivity index (χ2n) is 1.04. The van der Waals surface area contributed by atoms with Crippen molar-refractivity contribution in [2.24, 2.45) is 0 Å². The topological polar surface area (TPSA) is 0 Å². The first-order chi connectivity index (χ1) is 3.25. The first kappa shape index (κ1) is 8.55. The molecule has 0 bridgehead atoms. The highest BCUT2D eigenvalue weighted by atomic mass is 79.9. The minimum Gasteiger partial charge on any atom is -0.186 e. The van der Waals surface area contributed by atoms with Crippen molar-refractivity contribution < 1.29 is 17.6 Å². The monoisotopic (exact) mass is 212 g/mol. The Morgan fingerprint density at radius 3 is 1.25 bits per heavy atom. The Kier molecular flexibility index (Phi) is 2.20. The molecule has 0 nitrogen and oxygen atoms in total. The van der Waals surface area contributed by atoms with Gasteiger partial charge in [-0.2, -0.15) is 17.6 Å². The Morgan fingerprint density at radius 2 is 1.25 bits per heavy atom. The zero-order valence-corrected chi connectivity index (χ0v) is 5.82.